The summed E-state index contributed by atoms with van der Waals surface area (Å²) >= 11 is 2.88. The summed E-state index contributed by atoms with van der Waals surface area (Å²) in [5, 5.41) is 7.28. The molecule has 0 unspecified atom stereocenters. The van der Waals surface area contributed by atoms with E-state index in [-0.39, 0.29) is 11.8 Å². The maximum Gasteiger partial charge on any atom is 0.263 e. The lowest BCUT2D eigenvalue weighted by Crippen LogP contribution is -2.25. The number of carbonyl (C=O) groups excluding carboxylic acids is 2. The van der Waals surface area contributed by atoms with Gasteiger partial charge < -0.3 is 10.2 Å². The molecular formula is C25H24N6O2S2. The molecule has 2 amide bonds. The Balaban J connectivity index is 1.22. The van der Waals surface area contributed by atoms with Crippen LogP contribution in [0.2, 0.25) is 0 Å². The van der Waals surface area contributed by atoms with E-state index in [1.807, 2.05) is 31.2 Å². The van der Waals surface area contributed by atoms with E-state index in [9.17, 15) is 9.59 Å². The fourth-order valence-electron chi connectivity index (χ4n) is 3.86. The van der Waals surface area contributed by atoms with Crippen LogP contribution in [0.5, 0.6) is 0 Å². The highest BCUT2D eigenvalue weighted by Crippen LogP contribution is 2.29. The van der Waals surface area contributed by atoms with E-state index in [2.05, 4.69) is 37.5 Å². The van der Waals surface area contributed by atoms with Crippen molar-refractivity contribution in [3.05, 3.63) is 81.1 Å². The van der Waals surface area contributed by atoms with E-state index in [0.29, 0.717) is 27.8 Å². The third-order valence-corrected chi connectivity index (χ3v) is 7.92. The Kier molecular flexibility index (Phi) is 6.67. The van der Waals surface area contributed by atoms with Crippen LogP contribution in [0.3, 0.4) is 0 Å². The molecule has 0 fully saturated rings. The van der Waals surface area contributed by atoms with Crippen LogP contribution in [0.4, 0.5) is 5.13 Å². The van der Waals surface area contributed by atoms with Gasteiger partial charge in [-0.3, -0.25) is 19.9 Å². The minimum absolute atomic E-state index is 0.187. The highest BCUT2D eigenvalue weighted by Gasteiger charge is 2.20. The summed E-state index contributed by atoms with van der Waals surface area (Å²) in [4.78, 5) is 42.8. The summed E-state index contributed by atoms with van der Waals surface area (Å²) in [5.74, 6) is -0.397. The zero-order valence-electron chi connectivity index (χ0n) is 19.4. The number of rotatable bonds is 6. The number of hydrogen-bond acceptors (Lipinski definition) is 8. The lowest BCUT2D eigenvalue weighted by molar-refractivity contribution is 0.0953. The van der Waals surface area contributed by atoms with Crippen molar-refractivity contribution >= 4 is 39.6 Å². The number of aromatic nitrogens is 3. The number of nitrogens with one attached hydrogen (secondary N) is 2. The summed E-state index contributed by atoms with van der Waals surface area (Å²) in [7, 11) is 2.08. The standard InChI is InChI=1S/C25H24N6O2S2/c1-15-21(35-24(28-15)17-6-9-26-10-7-17)23(33)27-13-16-4-3-5-18(12-16)22(32)30-25-29-19-8-11-31(2)14-20(19)34-25/h3-7,9-10,12H,8,11,13-14H2,1-2H3,(H,27,33)(H,29,30,32). The molecule has 0 radical (unpaired) electrons. The van der Waals surface area contributed by atoms with Crippen LogP contribution in [0, 0.1) is 6.92 Å². The van der Waals surface area contributed by atoms with Crippen molar-refractivity contribution in [2.24, 2.45) is 0 Å². The monoisotopic (exact) mass is 504 g/mol. The molecule has 1 aromatic carbocycles. The van der Waals surface area contributed by atoms with E-state index in [1.54, 1.807) is 24.5 Å². The van der Waals surface area contributed by atoms with Crippen molar-refractivity contribution in [3.63, 3.8) is 0 Å². The van der Waals surface area contributed by atoms with Crippen molar-refractivity contribution in [1.29, 1.82) is 0 Å². The number of amides is 2. The van der Waals surface area contributed by atoms with Gasteiger partial charge in [0.2, 0.25) is 0 Å². The number of thiazole rings is 2. The van der Waals surface area contributed by atoms with Crippen LogP contribution in [0.1, 0.15) is 41.9 Å². The quantitative estimate of drug-likeness (QED) is 0.409. The molecule has 10 heteroatoms. The number of aryl methyl sites for hydroxylation is 1. The minimum atomic E-state index is -0.210. The maximum absolute atomic E-state index is 12.8. The molecule has 0 atom stereocenters. The number of anilines is 1. The molecule has 0 saturated carbocycles. The first-order chi connectivity index (χ1) is 17.0. The van der Waals surface area contributed by atoms with E-state index >= 15 is 0 Å². The normalized spacial score (nSPS) is 13.3. The zero-order chi connectivity index (χ0) is 24.4. The molecule has 8 nitrogen and oxygen atoms in total. The fourth-order valence-corrected chi connectivity index (χ4v) is 5.93. The number of benzene rings is 1. The van der Waals surface area contributed by atoms with Gasteiger partial charge in [-0.1, -0.05) is 12.1 Å². The van der Waals surface area contributed by atoms with Crippen molar-refractivity contribution in [1.82, 2.24) is 25.2 Å². The van der Waals surface area contributed by atoms with Gasteiger partial charge in [0.25, 0.3) is 11.8 Å². The van der Waals surface area contributed by atoms with Gasteiger partial charge in [-0.15, -0.1) is 22.7 Å². The van der Waals surface area contributed by atoms with Gasteiger partial charge in [-0.25, -0.2) is 9.97 Å². The summed E-state index contributed by atoms with van der Waals surface area (Å²) in [6.07, 6.45) is 4.31. The smallest absolute Gasteiger partial charge is 0.263 e. The Bertz CT molecular complexity index is 1380. The summed E-state index contributed by atoms with van der Waals surface area (Å²) in [6.45, 7) is 3.97. The van der Waals surface area contributed by atoms with Gasteiger partial charge in [0, 0.05) is 54.5 Å². The van der Waals surface area contributed by atoms with Crippen LogP contribution in [0.25, 0.3) is 10.6 Å². The lowest BCUT2D eigenvalue weighted by atomic mass is 10.1. The largest absolute Gasteiger partial charge is 0.347 e. The zero-order valence-corrected chi connectivity index (χ0v) is 21.0. The summed E-state index contributed by atoms with van der Waals surface area (Å²) in [6, 6.07) is 11.0. The van der Waals surface area contributed by atoms with E-state index in [4.69, 9.17) is 0 Å². The molecule has 1 aliphatic rings. The molecule has 4 heterocycles. The number of hydrogen-bond donors (Lipinski definition) is 2. The second-order valence-electron chi connectivity index (χ2n) is 8.38. The summed E-state index contributed by atoms with van der Waals surface area (Å²) < 4.78 is 0. The molecule has 5 rings (SSSR count). The first-order valence-corrected chi connectivity index (χ1v) is 12.8. The molecule has 3 aromatic heterocycles. The molecule has 178 valence electrons. The molecule has 0 bridgehead atoms. The van der Waals surface area contributed by atoms with Crippen molar-refractivity contribution in [3.8, 4) is 10.6 Å². The summed E-state index contributed by atoms with van der Waals surface area (Å²) in [5.41, 5.74) is 4.05. The van der Waals surface area contributed by atoms with Gasteiger partial charge >= 0.3 is 0 Å². The van der Waals surface area contributed by atoms with Crippen molar-refractivity contribution in [2.75, 3.05) is 18.9 Å². The molecule has 0 saturated heterocycles. The van der Waals surface area contributed by atoms with Gasteiger partial charge in [-0.2, -0.15) is 0 Å². The average molecular weight is 505 g/mol. The molecular weight excluding hydrogens is 480 g/mol. The molecule has 0 aliphatic carbocycles. The Labute approximate surface area is 211 Å². The van der Waals surface area contributed by atoms with Crippen molar-refractivity contribution < 1.29 is 9.59 Å². The highest BCUT2D eigenvalue weighted by atomic mass is 32.1. The van der Waals surface area contributed by atoms with E-state index in [1.165, 1.54) is 27.6 Å². The second kappa shape index (κ2) is 10.0. The minimum Gasteiger partial charge on any atom is -0.347 e. The average Bonchev–Trinajstić information content (AvgIpc) is 3.45. The van der Waals surface area contributed by atoms with Gasteiger partial charge in [0.1, 0.15) is 9.88 Å². The third-order valence-electron chi connectivity index (χ3n) is 5.71. The SMILES string of the molecule is Cc1nc(-c2ccncc2)sc1C(=O)NCc1cccc(C(=O)Nc2nc3c(s2)CN(C)CC3)c1. The van der Waals surface area contributed by atoms with Gasteiger partial charge in [-0.05, 0) is 43.8 Å². The first-order valence-electron chi connectivity index (χ1n) is 11.2. The highest BCUT2D eigenvalue weighted by molar-refractivity contribution is 7.17. The van der Waals surface area contributed by atoms with Crippen LogP contribution in [-0.4, -0.2) is 45.3 Å². The van der Waals surface area contributed by atoms with Crippen LogP contribution in [-0.2, 0) is 19.5 Å². The Morgan fingerprint density at radius 1 is 1.09 bits per heavy atom. The molecule has 2 N–H and O–H groups in total. The number of likely N-dealkylation sites (N-methyl/N-ethyl adjacent to an activating group) is 1. The van der Waals surface area contributed by atoms with Crippen LogP contribution in [0.15, 0.2) is 48.8 Å². The lowest BCUT2D eigenvalue weighted by Gasteiger charge is -2.20. The molecule has 35 heavy (non-hydrogen) atoms. The Hall–Kier alpha value is -3.47. The van der Waals surface area contributed by atoms with E-state index in [0.717, 1.165) is 41.3 Å². The van der Waals surface area contributed by atoms with Crippen LogP contribution < -0.4 is 10.6 Å². The Morgan fingerprint density at radius 2 is 1.91 bits per heavy atom. The predicted octanol–water partition coefficient (Wildman–Crippen LogP) is 4.14. The van der Waals surface area contributed by atoms with Crippen molar-refractivity contribution in [2.45, 2.75) is 26.4 Å². The maximum atomic E-state index is 12.8. The topological polar surface area (TPSA) is 100 Å². The number of pyridine rings is 1. The third kappa shape index (κ3) is 5.29. The molecule has 0 spiro atoms. The number of nitrogens with zero attached hydrogens (tertiary/aromatic N) is 4. The Morgan fingerprint density at radius 3 is 2.74 bits per heavy atom. The van der Waals surface area contributed by atoms with Crippen LogP contribution >= 0.6 is 22.7 Å². The number of carbonyl (C=O) groups is 2. The predicted molar refractivity (Wildman–Crippen MR) is 138 cm³/mol. The molecule has 1 aliphatic heterocycles. The van der Waals surface area contributed by atoms with Gasteiger partial charge in [0.15, 0.2) is 5.13 Å². The fraction of sp³-hybridized carbons (Fsp3) is 0.240. The molecule has 4 aromatic rings. The number of fused-ring (bicyclic) bond motifs is 1. The first kappa shape index (κ1) is 23.3. The van der Waals surface area contributed by atoms with Gasteiger partial charge in [0.05, 0.1) is 11.4 Å². The van der Waals surface area contributed by atoms with E-state index < -0.39 is 0 Å². The second-order valence-corrected chi connectivity index (χ2v) is 10.5.